The van der Waals surface area contributed by atoms with Crippen LogP contribution in [0, 0.1) is 0 Å². The van der Waals surface area contributed by atoms with E-state index < -0.39 is 22.5 Å². The fourth-order valence-corrected chi connectivity index (χ4v) is 5.34. The van der Waals surface area contributed by atoms with Gasteiger partial charge in [0.05, 0.1) is 30.9 Å². The minimum Gasteiger partial charge on any atom is -0.493 e. The number of carbonyl (C=O) groups is 1. The van der Waals surface area contributed by atoms with Crippen LogP contribution >= 0.6 is 11.6 Å². The Bertz CT molecular complexity index is 1330. The number of hydrogen-bond donors (Lipinski definition) is 1. The Morgan fingerprint density at radius 1 is 0.974 bits per heavy atom. The van der Waals surface area contributed by atoms with Gasteiger partial charge in [-0.2, -0.15) is 0 Å². The fraction of sp³-hybridized carbons (Fsp3) is 0.321. The molecule has 0 spiro atoms. The summed E-state index contributed by atoms with van der Waals surface area (Å²) in [6.45, 7) is 3.93. The normalized spacial score (nSPS) is 11.2. The summed E-state index contributed by atoms with van der Waals surface area (Å²) in [7, 11) is -1.24. The molecule has 38 heavy (non-hydrogen) atoms. The first kappa shape index (κ1) is 29.1. The molecule has 0 bridgehead atoms. The maximum Gasteiger partial charge on any atom is 0.264 e. The quantitative estimate of drug-likeness (QED) is 0.293. The molecule has 0 fully saturated rings. The lowest BCUT2D eigenvalue weighted by Crippen LogP contribution is -2.41. The molecule has 1 N–H and O–H groups in total. The van der Waals surface area contributed by atoms with Crippen LogP contribution in [0.15, 0.2) is 71.6 Å². The molecule has 0 aliphatic heterocycles. The molecular formula is C28H33ClN2O6S. The van der Waals surface area contributed by atoms with E-state index in [-0.39, 0.29) is 16.7 Å². The van der Waals surface area contributed by atoms with Crippen molar-refractivity contribution >= 4 is 33.2 Å². The highest BCUT2D eigenvalue weighted by molar-refractivity contribution is 7.92. The van der Waals surface area contributed by atoms with E-state index in [1.165, 1.54) is 32.4 Å². The zero-order valence-corrected chi connectivity index (χ0v) is 23.5. The van der Waals surface area contributed by atoms with Crippen LogP contribution in [-0.2, 0) is 21.2 Å². The van der Waals surface area contributed by atoms with Gasteiger partial charge in [0.25, 0.3) is 10.0 Å². The minimum absolute atomic E-state index is 0.0404. The van der Waals surface area contributed by atoms with Crippen molar-refractivity contribution in [2.45, 2.75) is 37.7 Å². The van der Waals surface area contributed by atoms with Crippen LogP contribution in [0.25, 0.3) is 0 Å². The van der Waals surface area contributed by atoms with Gasteiger partial charge in [-0.15, -0.1) is 0 Å². The second-order valence-corrected chi connectivity index (χ2v) is 11.1. The molecule has 0 unspecified atom stereocenters. The number of nitrogens with one attached hydrogen (secondary N) is 1. The van der Waals surface area contributed by atoms with E-state index in [1.54, 1.807) is 24.3 Å². The maximum absolute atomic E-state index is 13.6. The summed E-state index contributed by atoms with van der Waals surface area (Å²) in [6, 6.07) is 18.4. The van der Waals surface area contributed by atoms with Gasteiger partial charge in [-0.25, -0.2) is 8.42 Å². The molecule has 1 amide bonds. The van der Waals surface area contributed by atoms with E-state index >= 15 is 0 Å². The van der Waals surface area contributed by atoms with E-state index in [0.29, 0.717) is 29.4 Å². The number of aryl methyl sites for hydroxylation is 1. The smallest absolute Gasteiger partial charge is 0.264 e. The highest BCUT2D eigenvalue weighted by Gasteiger charge is 2.28. The number of methoxy groups -OCH3 is 2. The van der Waals surface area contributed by atoms with Crippen molar-refractivity contribution in [2.75, 3.05) is 31.6 Å². The molecule has 3 rings (SSSR count). The van der Waals surface area contributed by atoms with Crippen molar-refractivity contribution in [1.29, 1.82) is 0 Å². The third-order valence-electron chi connectivity index (χ3n) is 5.58. The molecule has 0 atom stereocenters. The molecule has 204 valence electrons. The highest BCUT2D eigenvalue weighted by Crippen LogP contribution is 2.32. The summed E-state index contributed by atoms with van der Waals surface area (Å²) in [4.78, 5) is 12.8. The van der Waals surface area contributed by atoms with Crippen LogP contribution in [0.3, 0.4) is 0 Å². The zero-order valence-electron chi connectivity index (χ0n) is 21.9. The van der Waals surface area contributed by atoms with Gasteiger partial charge in [0.15, 0.2) is 11.5 Å². The number of carbonyl (C=O) groups excluding carboxylic acids is 1. The van der Waals surface area contributed by atoms with Crippen molar-refractivity contribution in [1.82, 2.24) is 5.32 Å². The number of nitrogens with zero attached hydrogens (tertiary/aromatic N) is 1. The summed E-state index contributed by atoms with van der Waals surface area (Å²) in [5.41, 5.74) is 1.40. The first-order valence-electron chi connectivity index (χ1n) is 12.2. The predicted molar refractivity (Wildman–Crippen MR) is 149 cm³/mol. The Balaban J connectivity index is 1.71. The third kappa shape index (κ3) is 7.79. The molecule has 0 aromatic heterocycles. The molecule has 8 nitrogen and oxygen atoms in total. The molecular weight excluding hydrogens is 528 g/mol. The van der Waals surface area contributed by atoms with Crippen LogP contribution in [0.1, 0.15) is 25.8 Å². The molecule has 10 heteroatoms. The zero-order chi connectivity index (χ0) is 27.7. The first-order valence-corrected chi connectivity index (χ1v) is 14.0. The summed E-state index contributed by atoms with van der Waals surface area (Å²) < 4.78 is 44.6. The van der Waals surface area contributed by atoms with Crippen molar-refractivity contribution < 1.29 is 27.4 Å². The standard InChI is InChI=1S/C28H33ClN2O6S/c1-20(2)37-24-9-5-7-21(17-24)8-6-16-30-28(32)19-31(23-12-10-22(29)11-13-23)38(33,34)25-14-15-26(35-3)27(18-25)36-4/h5,7,9-15,17-18,20H,6,8,16,19H2,1-4H3,(H,30,32). The summed E-state index contributed by atoms with van der Waals surface area (Å²) in [5, 5.41) is 3.28. The van der Waals surface area contributed by atoms with E-state index in [2.05, 4.69) is 5.32 Å². The largest absolute Gasteiger partial charge is 0.493 e. The van der Waals surface area contributed by atoms with Gasteiger partial charge in [0.2, 0.25) is 5.91 Å². The Labute approximate surface area is 229 Å². The molecule has 0 radical (unpaired) electrons. The number of hydrogen-bond acceptors (Lipinski definition) is 6. The van der Waals surface area contributed by atoms with E-state index in [0.717, 1.165) is 22.0 Å². The van der Waals surface area contributed by atoms with Gasteiger partial charge in [-0.05, 0) is 80.8 Å². The van der Waals surface area contributed by atoms with Gasteiger partial charge in [-0.1, -0.05) is 23.7 Å². The lowest BCUT2D eigenvalue weighted by atomic mass is 10.1. The van der Waals surface area contributed by atoms with E-state index in [4.69, 9.17) is 25.8 Å². The van der Waals surface area contributed by atoms with Gasteiger partial charge < -0.3 is 19.5 Å². The average molecular weight is 561 g/mol. The number of benzene rings is 3. The predicted octanol–water partition coefficient (Wildman–Crippen LogP) is 5.09. The monoisotopic (exact) mass is 560 g/mol. The van der Waals surface area contributed by atoms with E-state index in [9.17, 15) is 13.2 Å². The minimum atomic E-state index is -4.13. The topological polar surface area (TPSA) is 94.2 Å². The van der Waals surface area contributed by atoms with Crippen LogP contribution in [0.2, 0.25) is 5.02 Å². The number of halogens is 1. The number of anilines is 1. The van der Waals surface area contributed by atoms with Gasteiger partial charge in [0.1, 0.15) is 12.3 Å². The van der Waals surface area contributed by atoms with Crippen molar-refractivity contribution in [3.05, 3.63) is 77.3 Å². The Morgan fingerprint density at radius 3 is 2.34 bits per heavy atom. The lowest BCUT2D eigenvalue weighted by Gasteiger charge is -2.24. The fourth-order valence-electron chi connectivity index (χ4n) is 3.78. The number of amides is 1. The maximum atomic E-state index is 13.6. The summed E-state index contributed by atoms with van der Waals surface area (Å²) in [6.07, 6.45) is 1.50. The summed E-state index contributed by atoms with van der Waals surface area (Å²) in [5.74, 6) is 1.03. The molecule has 0 aliphatic carbocycles. The van der Waals surface area contributed by atoms with Crippen molar-refractivity contribution in [3.8, 4) is 17.2 Å². The van der Waals surface area contributed by atoms with Crippen LogP contribution in [0.5, 0.6) is 17.2 Å². The average Bonchev–Trinajstić information content (AvgIpc) is 2.89. The molecule has 0 saturated heterocycles. The second kappa shape index (κ2) is 13.4. The second-order valence-electron chi connectivity index (χ2n) is 8.77. The van der Waals surface area contributed by atoms with Gasteiger partial charge >= 0.3 is 0 Å². The van der Waals surface area contributed by atoms with Gasteiger partial charge in [0, 0.05) is 17.6 Å². The van der Waals surface area contributed by atoms with Gasteiger partial charge in [-0.3, -0.25) is 9.10 Å². The van der Waals surface area contributed by atoms with Crippen molar-refractivity contribution in [3.63, 3.8) is 0 Å². The molecule has 3 aromatic rings. The van der Waals surface area contributed by atoms with Crippen LogP contribution < -0.4 is 23.8 Å². The molecule has 0 aliphatic rings. The lowest BCUT2D eigenvalue weighted by molar-refractivity contribution is -0.119. The number of ether oxygens (including phenoxy) is 3. The van der Waals surface area contributed by atoms with Crippen LogP contribution in [0.4, 0.5) is 5.69 Å². The van der Waals surface area contributed by atoms with Crippen LogP contribution in [-0.4, -0.2) is 47.7 Å². The molecule has 0 saturated carbocycles. The SMILES string of the molecule is COc1ccc(S(=O)(=O)N(CC(=O)NCCCc2cccc(OC(C)C)c2)c2ccc(Cl)cc2)cc1OC. The Hall–Kier alpha value is -3.43. The van der Waals surface area contributed by atoms with Crippen molar-refractivity contribution in [2.24, 2.45) is 0 Å². The summed E-state index contributed by atoms with van der Waals surface area (Å²) >= 11 is 6.01. The Morgan fingerprint density at radius 2 is 1.68 bits per heavy atom. The van der Waals surface area contributed by atoms with E-state index in [1.807, 2.05) is 38.1 Å². The molecule has 0 heterocycles. The Kier molecular flexibility index (Phi) is 10.3. The third-order valence-corrected chi connectivity index (χ3v) is 7.60. The number of sulfonamides is 1. The highest BCUT2D eigenvalue weighted by atomic mass is 35.5. The first-order chi connectivity index (χ1) is 18.1. The number of rotatable bonds is 13. The molecule has 3 aromatic carbocycles.